The Balaban J connectivity index is 2.09. The van der Waals surface area contributed by atoms with Crippen molar-refractivity contribution in [1.82, 2.24) is 15.0 Å². The van der Waals surface area contributed by atoms with E-state index in [9.17, 15) is 0 Å². The number of halogens is 1. The SMILES string of the molecule is COCc1nc(Cl)cc(-c2ccc3nc(C)ccc3c2)n1. The van der Waals surface area contributed by atoms with Crippen LogP contribution in [-0.2, 0) is 11.3 Å². The van der Waals surface area contributed by atoms with Crippen LogP contribution >= 0.6 is 11.6 Å². The van der Waals surface area contributed by atoms with E-state index in [-0.39, 0.29) is 0 Å². The topological polar surface area (TPSA) is 47.9 Å². The molecule has 0 aliphatic carbocycles. The summed E-state index contributed by atoms with van der Waals surface area (Å²) in [5, 5.41) is 1.48. The molecule has 0 saturated heterocycles. The average molecular weight is 300 g/mol. The molecule has 3 aromatic rings. The minimum Gasteiger partial charge on any atom is -0.377 e. The molecule has 0 aliphatic rings. The van der Waals surface area contributed by atoms with E-state index in [1.807, 2.05) is 25.1 Å². The maximum absolute atomic E-state index is 6.06. The van der Waals surface area contributed by atoms with E-state index in [1.54, 1.807) is 13.2 Å². The summed E-state index contributed by atoms with van der Waals surface area (Å²) in [6, 6.07) is 11.8. The maximum atomic E-state index is 6.06. The molecule has 0 N–H and O–H groups in total. The van der Waals surface area contributed by atoms with Gasteiger partial charge in [-0.1, -0.05) is 23.7 Å². The highest BCUT2D eigenvalue weighted by Crippen LogP contribution is 2.24. The molecule has 0 bridgehead atoms. The molecule has 2 aromatic heterocycles. The lowest BCUT2D eigenvalue weighted by Crippen LogP contribution is -1.99. The zero-order valence-corrected chi connectivity index (χ0v) is 12.6. The fourth-order valence-electron chi connectivity index (χ4n) is 2.19. The normalized spacial score (nSPS) is 11.0. The fourth-order valence-corrected chi connectivity index (χ4v) is 2.39. The molecular formula is C16H14ClN3O. The highest BCUT2D eigenvalue weighted by molar-refractivity contribution is 6.29. The van der Waals surface area contributed by atoms with Crippen molar-refractivity contribution in [3.8, 4) is 11.3 Å². The van der Waals surface area contributed by atoms with Crippen molar-refractivity contribution in [3.63, 3.8) is 0 Å². The summed E-state index contributed by atoms with van der Waals surface area (Å²) in [6.07, 6.45) is 0. The Labute approximate surface area is 127 Å². The molecule has 0 atom stereocenters. The molecule has 21 heavy (non-hydrogen) atoms. The van der Waals surface area contributed by atoms with E-state index in [1.165, 1.54) is 0 Å². The van der Waals surface area contributed by atoms with Gasteiger partial charge in [-0.15, -0.1) is 0 Å². The minimum absolute atomic E-state index is 0.335. The zero-order valence-electron chi connectivity index (χ0n) is 11.8. The molecule has 0 amide bonds. The summed E-state index contributed by atoms with van der Waals surface area (Å²) in [5.41, 5.74) is 3.73. The first-order chi connectivity index (χ1) is 10.2. The minimum atomic E-state index is 0.335. The number of rotatable bonds is 3. The molecular weight excluding hydrogens is 286 g/mol. The third-order valence-electron chi connectivity index (χ3n) is 3.14. The lowest BCUT2D eigenvalue weighted by atomic mass is 10.1. The highest BCUT2D eigenvalue weighted by Gasteiger charge is 2.07. The summed E-state index contributed by atoms with van der Waals surface area (Å²) < 4.78 is 5.06. The molecule has 2 heterocycles. The van der Waals surface area contributed by atoms with Crippen molar-refractivity contribution in [2.45, 2.75) is 13.5 Å². The molecule has 5 heteroatoms. The van der Waals surface area contributed by atoms with E-state index in [0.29, 0.717) is 17.6 Å². The van der Waals surface area contributed by atoms with Gasteiger partial charge in [0.2, 0.25) is 0 Å². The standard InChI is InChI=1S/C16H14ClN3O/c1-10-3-4-11-7-12(5-6-13(11)18-10)14-8-15(17)20-16(19-14)9-21-2/h3-8H,9H2,1-2H3. The third kappa shape index (κ3) is 3.01. The van der Waals surface area contributed by atoms with Gasteiger partial charge in [-0.2, -0.15) is 0 Å². The van der Waals surface area contributed by atoms with Crippen LogP contribution in [0.1, 0.15) is 11.5 Å². The van der Waals surface area contributed by atoms with Crippen LogP contribution in [-0.4, -0.2) is 22.1 Å². The number of ether oxygens (including phenoxy) is 1. The number of hydrogen-bond acceptors (Lipinski definition) is 4. The predicted octanol–water partition coefficient (Wildman–Crippen LogP) is 3.80. The Morgan fingerprint density at radius 2 is 1.90 bits per heavy atom. The predicted molar refractivity (Wildman–Crippen MR) is 83.2 cm³/mol. The van der Waals surface area contributed by atoms with Gasteiger partial charge in [0.15, 0.2) is 5.82 Å². The Hall–Kier alpha value is -2.04. The summed E-state index contributed by atoms with van der Waals surface area (Å²) >= 11 is 6.06. The Morgan fingerprint density at radius 3 is 2.71 bits per heavy atom. The summed E-state index contributed by atoms with van der Waals surface area (Å²) in [6.45, 7) is 2.32. The van der Waals surface area contributed by atoms with Gasteiger partial charge in [-0.3, -0.25) is 4.98 Å². The summed E-state index contributed by atoms with van der Waals surface area (Å²) in [4.78, 5) is 13.1. The fraction of sp³-hybridized carbons (Fsp3) is 0.188. The van der Waals surface area contributed by atoms with E-state index in [0.717, 1.165) is 27.9 Å². The first-order valence-electron chi connectivity index (χ1n) is 6.56. The molecule has 0 aliphatic heterocycles. The summed E-state index contributed by atoms with van der Waals surface area (Å²) in [7, 11) is 1.61. The van der Waals surface area contributed by atoms with Crippen LogP contribution in [0.15, 0.2) is 36.4 Å². The number of fused-ring (bicyclic) bond motifs is 1. The molecule has 0 spiro atoms. The molecule has 106 valence electrons. The Bertz CT molecular complexity index is 805. The van der Waals surface area contributed by atoms with Gasteiger partial charge >= 0.3 is 0 Å². The second-order valence-corrected chi connectivity index (χ2v) is 5.17. The quantitative estimate of drug-likeness (QED) is 0.690. The average Bonchev–Trinajstić information content (AvgIpc) is 2.46. The van der Waals surface area contributed by atoms with Crippen LogP contribution in [0.4, 0.5) is 0 Å². The molecule has 0 unspecified atom stereocenters. The van der Waals surface area contributed by atoms with Gasteiger partial charge in [-0.05, 0) is 25.1 Å². The van der Waals surface area contributed by atoms with Gasteiger partial charge < -0.3 is 4.74 Å². The molecule has 1 aromatic carbocycles. The smallest absolute Gasteiger partial charge is 0.156 e. The van der Waals surface area contributed by atoms with Gasteiger partial charge in [0.05, 0.1) is 11.2 Å². The number of nitrogens with zero attached hydrogens (tertiary/aromatic N) is 3. The van der Waals surface area contributed by atoms with Crippen LogP contribution in [0, 0.1) is 6.92 Å². The third-order valence-corrected chi connectivity index (χ3v) is 3.33. The zero-order chi connectivity index (χ0) is 14.8. The molecule has 3 rings (SSSR count). The lowest BCUT2D eigenvalue weighted by molar-refractivity contribution is 0.178. The number of aryl methyl sites for hydroxylation is 1. The second-order valence-electron chi connectivity index (χ2n) is 4.79. The van der Waals surface area contributed by atoms with Gasteiger partial charge in [-0.25, -0.2) is 9.97 Å². The molecule has 0 radical (unpaired) electrons. The van der Waals surface area contributed by atoms with Gasteiger partial charge in [0.25, 0.3) is 0 Å². The van der Waals surface area contributed by atoms with Crippen molar-refractivity contribution in [3.05, 3.63) is 53.1 Å². The largest absolute Gasteiger partial charge is 0.377 e. The number of pyridine rings is 1. The number of hydrogen-bond donors (Lipinski definition) is 0. The second kappa shape index (κ2) is 5.76. The highest BCUT2D eigenvalue weighted by atomic mass is 35.5. The first-order valence-corrected chi connectivity index (χ1v) is 6.94. The lowest BCUT2D eigenvalue weighted by Gasteiger charge is -2.06. The number of methoxy groups -OCH3 is 1. The van der Waals surface area contributed by atoms with E-state index >= 15 is 0 Å². The van der Waals surface area contributed by atoms with Gasteiger partial charge in [0, 0.05) is 29.8 Å². The monoisotopic (exact) mass is 299 g/mol. The Kier molecular flexibility index (Phi) is 3.82. The molecule has 4 nitrogen and oxygen atoms in total. The number of aromatic nitrogens is 3. The van der Waals surface area contributed by atoms with Crippen LogP contribution in [0.25, 0.3) is 22.2 Å². The van der Waals surface area contributed by atoms with Crippen molar-refractivity contribution >= 4 is 22.5 Å². The van der Waals surface area contributed by atoms with Crippen molar-refractivity contribution in [2.24, 2.45) is 0 Å². The van der Waals surface area contributed by atoms with Crippen molar-refractivity contribution < 1.29 is 4.74 Å². The van der Waals surface area contributed by atoms with E-state index in [2.05, 4.69) is 27.1 Å². The Morgan fingerprint density at radius 1 is 1.05 bits per heavy atom. The first kappa shape index (κ1) is 13.9. The molecule has 0 saturated carbocycles. The van der Waals surface area contributed by atoms with Crippen LogP contribution in [0.3, 0.4) is 0 Å². The van der Waals surface area contributed by atoms with Crippen LogP contribution in [0.2, 0.25) is 5.15 Å². The van der Waals surface area contributed by atoms with Crippen molar-refractivity contribution in [2.75, 3.05) is 7.11 Å². The summed E-state index contributed by atoms with van der Waals surface area (Å²) in [5.74, 6) is 0.571. The van der Waals surface area contributed by atoms with Crippen molar-refractivity contribution in [1.29, 1.82) is 0 Å². The number of benzene rings is 1. The van der Waals surface area contributed by atoms with E-state index in [4.69, 9.17) is 16.3 Å². The molecule has 0 fully saturated rings. The van der Waals surface area contributed by atoms with Crippen LogP contribution < -0.4 is 0 Å². The van der Waals surface area contributed by atoms with Crippen LogP contribution in [0.5, 0.6) is 0 Å². The maximum Gasteiger partial charge on any atom is 0.156 e. The van der Waals surface area contributed by atoms with E-state index < -0.39 is 0 Å². The van der Waals surface area contributed by atoms with Gasteiger partial charge in [0.1, 0.15) is 11.8 Å².